The molecule has 2 aliphatic carbocycles. The number of aliphatic hydroxyl groups excluding tert-OH is 1. The summed E-state index contributed by atoms with van der Waals surface area (Å²) in [5, 5.41) is 9.25. The van der Waals surface area contributed by atoms with Crippen LogP contribution in [0.4, 0.5) is 0 Å². The quantitative estimate of drug-likeness (QED) is 0.732. The van der Waals surface area contributed by atoms with E-state index in [0.717, 1.165) is 19.4 Å². The molecule has 2 aliphatic rings. The van der Waals surface area contributed by atoms with Gasteiger partial charge in [0.05, 0.1) is 6.10 Å². The lowest BCUT2D eigenvalue weighted by Gasteiger charge is -2.41. The summed E-state index contributed by atoms with van der Waals surface area (Å²) in [6.45, 7) is 1.12. The maximum atomic E-state index is 9.25. The summed E-state index contributed by atoms with van der Waals surface area (Å²) >= 11 is 0. The van der Waals surface area contributed by atoms with Gasteiger partial charge < -0.3 is 15.7 Å². The fraction of sp³-hybridized carbons (Fsp3) is 1.00. The van der Waals surface area contributed by atoms with Crippen molar-refractivity contribution in [3.8, 4) is 0 Å². The number of hydrogen-bond donors (Lipinski definition) is 2. The van der Waals surface area contributed by atoms with Crippen LogP contribution < -0.4 is 5.73 Å². The average molecular weight is 212 g/mol. The van der Waals surface area contributed by atoms with E-state index in [4.69, 9.17) is 5.73 Å². The van der Waals surface area contributed by atoms with Gasteiger partial charge in [-0.05, 0) is 38.6 Å². The first-order chi connectivity index (χ1) is 7.16. The molecule has 15 heavy (non-hydrogen) atoms. The molecule has 2 rings (SSSR count). The molecule has 0 aliphatic heterocycles. The highest BCUT2D eigenvalue weighted by atomic mass is 16.3. The van der Waals surface area contributed by atoms with E-state index in [-0.39, 0.29) is 6.10 Å². The summed E-state index contributed by atoms with van der Waals surface area (Å²) in [5.41, 5.74) is 6.15. The molecule has 0 bridgehead atoms. The van der Waals surface area contributed by atoms with Gasteiger partial charge in [0, 0.05) is 18.6 Å². The second-order valence-electron chi connectivity index (χ2n) is 5.45. The third-order valence-electron chi connectivity index (χ3n) is 4.10. The molecular weight excluding hydrogens is 188 g/mol. The number of aliphatic hydroxyl groups is 1. The summed E-state index contributed by atoms with van der Waals surface area (Å²) in [5.74, 6) is 0.708. The highest BCUT2D eigenvalue weighted by molar-refractivity contribution is 4.88. The normalized spacial score (nSPS) is 41.6. The van der Waals surface area contributed by atoms with Gasteiger partial charge in [-0.15, -0.1) is 0 Å². The minimum absolute atomic E-state index is 0.0246. The number of nitrogens with two attached hydrogens (primary N) is 1. The smallest absolute Gasteiger partial charge is 0.0546 e. The van der Waals surface area contributed by atoms with E-state index in [9.17, 15) is 5.11 Å². The van der Waals surface area contributed by atoms with Crippen molar-refractivity contribution in [3.05, 3.63) is 0 Å². The van der Waals surface area contributed by atoms with Crippen molar-refractivity contribution in [1.82, 2.24) is 4.90 Å². The molecule has 0 heterocycles. The Labute approximate surface area is 92.6 Å². The zero-order valence-electron chi connectivity index (χ0n) is 9.73. The monoisotopic (exact) mass is 212 g/mol. The van der Waals surface area contributed by atoms with Gasteiger partial charge in [-0.2, -0.15) is 0 Å². The lowest BCUT2D eigenvalue weighted by atomic mass is 9.81. The number of rotatable bonds is 3. The van der Waals surface area contributed by atoms with Crippen LogP contribution in [0.1, 0.15) is 38.5 Å². The van der Waals surface area contributed by atoms with Crippen molar-refractivity contribution < 1.29 is 5.11 Å². The van der Waals surface area contributed by atoms with Crippen LogP contribution in [0.2, 0.25) is 0 Å². The summed E-state index contributed by atoms with van der Waals surface area (Å²) in [6.07, 6.45) is 7.03. The van der Waals surface area contributed by atoms with Crippen LogP contribution in [0.15, 0.2) is 0 Å². The van der Waals surface area contributed by atoms with E-state index in [2.05, 4.69) is 11.9 Å². The molecule has 3 nitrogen and oxygen atoms in total. The molecular formula is C12H24N2O. The molecule has 88 valence electrons. The van der Waals surface area contributed by atoms with Crippen LogP contribution >= 0.6 is 0 Å². The summed E-state index contributed by atoms with van der Waals surface area (Å²) in [4.78, 5) is 2.43. The maximum absolute atomic E-state index is 9.25. The summed E-state index contributed by atoms with van der Waals surface area (Å²) in [7, 11) is 2.19. The van der Waals surface area contributed by atoms with Gasteiger partial charge in [-0.1, -0.05) is 12.8 Å². The molecule has 2 atom stereocenters. The fourth-order valence-electron chi connectivity index (χ4n) is 3.08. The van der Waals surface area contributed by atoms with Crippen LogP contribution in [0, 0.1) is 5.92 Å². The van der Waals surface area contributed by atoms with Crippen molar-refractivity contribution in [2.75, 3.05) is 13.6 Å². The molecule has 0 amide bonds. The molecule has 0 aromatic rings. The minimum atomic E-state index is -0.0246. The Hall–Kier alpha value is -0.120. The maximum Gasteiger partial charge on any atom is 0.0546 e. The molecule has 2 unspecified atom stereocenters. The Morgan fingerprint density at radius 1 is 1.27 bits per heavy atom. The zero-order valence-corrected chi connectivity index (χ0v) is 9.73. The zero-order chi connectivity index (χ0) is 10.8. The van der Waals surface area contributed by atoms with Gasteiger partial charge in [0.25, 0.3) is 0 Å². The Morgan fingerprint density at radius 3 is 2.53 bits per heavy atom. The van der Waals surface area contributed by atoms with Gasteiger partial charge in [0.15, 0.2) is 0 Å². The van der Waals surface area contributed by atoms with Crippen molar-refractivity contribution in [2.24, 2.45) is 11.7 Å². The number of hydrogen-bond acceptors (Lipinski definition) is 3. The van der Waals surface area contributed by atoms with E-state index in [1.54, 1.807) is 0 Å². The Balaban J connectivity index is 1.76. The van der Waals surface area contributed by atoms with Gasteiger partial charge >= 0.3 is 0 Å². The van der Waals surface area contributed by atoms with Crippen LogP contribution in [-0.2, 0) is 0 Å². The first-order valence-electron chi connectivity index (χ1n) is 6.30. The van der Waals surface area contributed by atoms with E-state index in [1.807, 2.05) is 0 Å². The van der Waals surface area contributed by atoms with E-state index < -0.39 is 0 Å². The first-order valence-corrected chi connectivity index (χ1v) is 6.30. The second kappa shape index (κ2) is 4.81. The third kappa shape index (κ3) is 2.71. The highest BCUT2D eigenvalue weighted by Crippen LogP contribution is 2.29. The van der Waals surface area contributed by atoms with Gasteiger partial charge in [-0.3, -0.25) is 0 Å². The SMILES string of the molecule is CN(CC1CC(O)C1)C1CCCCC1N. The Kier molecular flexibility index (Phi) is 3.65. The fourth-order valence-corrected chi connectivity index (χ4v) is 3.08. The summed E-state index contributed by atoms with van der Waals surface area (Å²) in [6, 6.07) is 0.949. The van der Waals surface area contributed by atoms with Gasteiger partial charge in [0.1, 0.15) is 0 Å². The van der Waals surface area contributed by atoms with E-state index >= 15 is 0 Å². The molecule has 0 spiro atoms. The highest BCUT2D eigenvalue weighted by Gasteiger charge is 2.31. The molecule has 0 saturated heterocycles. The molecule has 2 fully saturated rings. The largest absolute Gasteiger partial charge is 0.393 e. The van der Waals surface area contributed by atoms with E-state index in [1.165, 1.54) is 25.7 Å². The lowest BCUT2D eigenvalue weighted by molar-refractivity contribution is 0.0171. The predicted octanol–water partition coefficient (Wildman–Crippen LogP) is 0.959. The minimum Gasteiger partial charge on any atom is -0.393 e. The van der Waals surface area contributed by atoms with Crippen molar-refractivity contribution >= 4 is 0 Å². The van der Waals surface area contributed by atoms with Crippen LogP contribution in [0.25, 0.3) is 0 Å². The topological polar surface area (TPSA) is 49.5 Å². The van der Waals surface area contributed by atoms with Crippen LogP contribution in [0.5, 0.6) is 0 Å². The molecule has 0 aromatic heterocycles. The molecule has 2 saturated carbocycles. The molecule has 0 radical (unpaired) electrons. The van der Waals surface area contributed by atoms with Crippen molar-refractivity contribution in [1.29, 1.82) is 0 Å². The van der Waals surface area contributed by atoms with Crippen LogP contribution in [-0.4, -0.2) is 41.8 Å². The first kappa shape index (κ1) is 11.4. The second-order valence-corrected chi connectivity index (χ2v) is 5.45. The predicted molar refractivity (Wildman–Crippen MR) is 61.6 cm³/mol. The van der Waals surface area contributed by atoms with Crippen molar-refractivity contribution in [2.45, 2.75) is 56.7 Å². The molecule has 3 N–H and O–H groups in total. The van der Waals surface area contributed by atoms with E-state index in [0.29, 0.717) is 18.0 Å². The number of likely N-dealkylation sites (N-methyl/N-ethyl adjacent to an activating group) is 1. The standard InChI is InChI=1S/C12H24N2O/c1-14(8-9-6-10(15)7-9)12-5-3-2-4-11(12)13/h9-12,15H,2-8,13H2,1H3. The third-order valence-corrected chi connectivity index (χ3v) is 4.10. The van der Waals surface area contributed by atoms with Gasteiger partial charge in [0.2, 0.25) is 0 Å². The molecule has 3 heteroatoms. The summed E-state index contributed by atoms with van der Waals surface area (Å²) < 4.78 is 0. The average Bonchev–Trinajstić information content (AvgIpc) is 2.16. The Bertz CT molecular complexity index is 204. The Morgan fingerprint density at radius 2 is 1.93 bits per heavy atom. The van der Waals surface area contributed by atoms with Crippen molar-refractivity contribution in [3.63, 3.8) is 0 Å². The molecule has 0 aromatic carbocycles. The van der Waals surface area contributed by atoms with Crippen LogP contribution in [0.3, 0.4) is 0 Å². The number of nitrogens with zero attached hydrogens (tertiary/aromatic N) is 1. The van der Waals surface area contributed by atoms with Gasteiger partial charge in [-0.25, -0.2) is 0 Å². The lowest BCUT2D eigenvalue weighted by Crippen LogP contribution is -2.50.